The van der Waals surface area contributed by atoms with E-state index < -0.39 is 0 Å². The zero-order valence-corrected chi connectivity index (χ0v) is 18.8. The number of fused-ring (bicyclic) bond motifs is 1. The number of nitrogens with zero attached hydrogens (tertiary/aromatic N) is 7. The fourth-order valence-electron chi connectivity index (χ4n) is 4.57. The smallest absolute Gasteiger partial charge is 0.326 e. The van der Waals surface area contributed by atoms with Crippen LogP contribution in [0.5, 0.6) is 0 Å². The van der Waals surface area contributed by atoms with E-state index in [1.54, 1.807) is 4.90 Å². The van der Waals surface area contributed by atoms with Crippen molar-refractivity contribution < 1.29 is 4.79 Å². The standard InChI is InChI=1S/C23H29N7O/c1-15-24-19(12-20(25-15)29-10-11-30(22(29)31)23(2,3)4)28-13-16(14-28)21-26-17-8-6-7-9-18(17)27(21)5/h6-9,12,16H,10-11,13-14H2,1-5H3. The van der Waals surface area contributed by atoms with Gasteiger partial charge in [-0.2, -0.15) is 0 Å². The minimum atomic E-state index is -0.201. The zero-order chi connectivity index (χ0) is 21.9. The van der Waals surface area contributed by atoms with Crippen molar-refractivity contribution in [1.29, 1.82) is 0 Å². The first-order valence-electron chi connectivity index (χ1n) is 10.8. The van der Waals surface area contributed by atoms with Crippen LogP contribution in [0.3, 0.4) is 0 Å². The number of urea groups is 1. The molecule has 0 radical (unpaired) electrons. The van der Waals surface area contributed by atoms with Gasteiger partial charge in [0.15, 0.2) is 0 Å². The van der Waals surface area contributed by atoms with E-state index in [0.29, 0.717) is 30.6 Å². The second kappa shape index (κ2) is 6.93. The van der Waals surface area contributed by atoms with Crippen molar-refractivity contribution in [2.24, 2.45) is 7.05 Å². The average Bonchev–Trinajstić information content (AvgIpc) is 3.21. The molecule has 4 heterocycles. The van der Waals surface area contributed by atoms with Crippen LogP contribution in [-0.2, 0) is 7.05 Å². The van der Waals surface area contributed by atoms with Crippen molar-refractivity contribution in [3.8, 4) is 0 Å². The summed E-state index contributed by atoms with van der Waals surface area (Å²) in [5.41, 5.74) is 1.99. The number of hydrogen-bond donors (Lipinski definition) is 0. The Morgan fingerprint density at radius 2 is 1.71 bits per heavy atom. The Morgan fingerprint density at radius 3 is 2.39 bits per heavy atom. The number of hydrogen-bond acceptors (Lipinski definition) is 5. The lowest BCUT2D eigenvalue weighted by Crippen LogP contribution is -2.47. The van der Waals surface area contributed by atoms with Crippen LogP contribution in [0, 0.1) is 6.92 Å². The Hall–Kier alpha value is -3.16. The number of rotatable bonds is 3. The van der Waals surface area contributed by atoms with Crippen molar-refractivity contribution in [3.63, 3.8) is 0 Å². The van der Waals surface area contributed by atoms with Gasteiger partial charge < -0.3 is 14.4 Å². The van der Waals surface area contributed by atoms with Gasteiger partial charge in [-0.1, -0.05) is 12.1 Å². The van der Waals surface area contributed by atoms with Crippen LogP contribution in [0.2, 0.25) is 0 Å². The lowest BCUT2D eigenvalue weighted by atomic mass is 9.99. The monoisotopic (exact) mass is 419 g/mol. The molecule has 8 nitrogen and oxygen atoms in total. The molecule has 2 aliphatic rings. The topological polar surface area (TPSA) is 70.4 Å². The maximum atomic E-state index is 13.0. The first-order chi connectivity index (χ1) is 14.7. The number of amides is 2. The number of anilines is 2. The number of para-hydroxylation sites is 2. The summed E-state index contributed by atoms with van der Waals surface area (Å²) in [6.45, 7) is 11.1. The van der Waals surface area contributed by atoms with E-state index in [0.717, 1.165) is 35.8 Å². The van der Waals surface area contributed by atoms with Crippen LogP contribution in [-0.4, -0.2) is 62.2 Å². The number of carbonyl (C=O) groups excluding carboxylic acids is 1. The van der Waals surface area contributed by atoms with Crippen LogP contribution in [0.1, 0.15) is 38.3 Å². The van der Waals surface area contributed by atoms with Gasteiger partial charge in [0.05, 0.1) is 17.0 Å². The van der Waals surface area contributed by atoms with Crippen LogP contribution >= 0.6 is 0 Å². The molecular formula is C23H29N7O. The van der Waals surface area contributed by atoms with Crippen molar-refractivity contribution in [2.75, 3.05) is 36.0 Å². The normalized spacial score (nSPS) is 17.7. The van der Waals surface area contributed by atoms with Gasteiger partial charge in [0.1, 0.15) is 23.3 Å². The van der Waals surface area contributed by atoms with Gasteiger partial charge in [-0.25, -0.2) is 19.7 Å². The molecule has 31 heavy (non-hydrogen) atoms. The number of imidazole rings is 1. The summed E-state index contributed by atoms with van der Waals surface area (Å²) in [5, 5.41) is 0. The van der Waals surface area contributed by atoms with Gasteiger partial charge in [-0.3, -0.25) is 4.90 Å². The van der Waals surface area contributed by atoms with E-state index in [9.17, 15) is 4.79 Å². The summed E-state index contributed by atoms with van der Waals surface area (Å²) >= 11 is 0. The van der Waals surface area contributed by atoms with Gasteiger partial charge >= 0.3 is 6.03 Å². The molecule has 0 N–H and O–H groups in total. The third-order valence-electron chi connectivity index (χ3n) is 6.30. The molecule has 1 aromatic carbocycles. The quantitative estimate of drug-likeness (QED) is 0.651. The molecule has 2 fully saturated rings. The van der Waals surface area contributed by atoms with E-state index in [2.05, 4.69) is 59.4 Å². The fraction of sp³-hybridized carbons (Fsp3) is 0.478. The van der Waals surface area contributed by atoms with Crippen LogP contribution in [0.15, 0.2) is 30.3 Å². The highest BCUT2D eigenvalue weighted by Gasteiger charge is 2.38. The SMILES string of the molecule is Cc1nc(N2CC(c3nc4ccccc4n3C)C2)cc(N2CCN(C(C)(C)C)C2=O)n1. The highest BCUT2D eigenvalue weighted by atomic mass is 16.2. The second-order valence-electron chi connectivity index (χ2n) is 9.51. The molecule has 2 amide bonds. The molecule has 0 aliphatic carbocycles. The molecule has 2 aromatic heterocycles. The summed E-state index contributed by atoms with van der Waals surface area (Å²) in [7, 11) is 2.08. The van der Waals surface area contributed by atoms with Crippen molar-refractivity contribution in [1.82, 2.24) is 24.4 Å². The molecular weight excluding hydrogens is 390 g/mol. The van der Waals surface area contributed by atoms with Gasteiger partial charge in [0.2, 0.25) is 0 Å². The Morgan fingerprint density at radius 1 is 1.00 bits per heavy atom. The second-order valence-corrected chi connectivity index (χ2v) is 9.51. The minimum Gasteiger partial charge on any atom is -0.355 e. The van der Waals surface area contributed by atoms with Crippen molar-refractivity contribution >= 4 is 28.7 Å². The summed E-state index contributed by atoms with van der Waals surface area (Å²) in [5.74, 6) is 3.71. The van der Waals surface area contributed by atoms with Gasteiger partial charge in [0.25, 0.3) is 0 Å². The third kappa shape index (κ3) is 3.30. The summed E-state index contributed by atoms with van der Waals surface area (Å²) < 4.78 is 2.19. The summed E-state index contributed by atoms with van der Waals surface area (Å²) in [6, 6.07) is 10.2. The first-order valence-corrected chi connectivity index (χ1v) is 10.8. The van der Waals surface area contributed by atoms with E-state index >= 15 is 0 Å². The molecule has 3 aromatic rings. The molecule has 8 heteroatoms. The highest BCUT2D eigenvalue weighted by molar-refractivity contribution is 5.94. The van der Waals surface area contributed by atoms with Gasteiger partial charge in [0, 0.05) is 44.8 Å². The number of carbonyl (C=O) groups is 1. The van der Waals surface area contributed by atoms with Crippen LogP contribution < -0.4 is 9.80 Å². The van der Waals surface area contributed by atoms with Gasteiger partial charge in [-0.15, -0.1) is 0 Å². The Labute approximate surface area is 182 Å². The lowest BCUT2D eigenvalue weighted by Gasteiger charge is -2.40. The van der Waals surface area contributed by atoms with E-state index in [-0.39, 0.29) is 11.6 Å². The van der Waals surface area contributed by atoms with E-state index in [1.165, 1.54) is 0 Å². The third-order valence-corrected chi connectivity index (χ3v) is 6.30. The molecule has 0 unspecified atom stereocenters. The number of aryl methyl sites for hydroxylation is 2. The minimum absolute atomic E-state index is 0.0118. The molecule has 0 bridgehead atoms. The first kappa shape index (κ1) is 19.8. The molecule has 5 rings (SSSR count). The average molecular weight is 420 g/mol. The predicted octanol–water partition coefficient (Wildman–Crippen LogP) is 3.32. The van der Waals surface area contributed by atoms with Crippen molar-refractivity contribution in [2.45, 2.75) is 39.2 Å². The Bertz CT molecular complexity index is 1160. The summed E-state index contributed by atoms with van der Waals surface area (Å²) in [6.07, 6.45) is 0. The molecule has 0 saturated carbocycles. The van der Waals surface area contributed by atoms with E-state index in [4.69, 9.17) is 4.98 Å². The number of benzene rings is 1. The van der Waals surface area contributed by atoms with Crippen LogP contribution in [0.4, 0.5) is 16.4 Å². The Balaban J connectivity index is 1.35. The number of aromatic nitrogens is 4. The summed E-state index contributed by atoms with van der Waals surface area (Å²) in [4.78, 5) is 32.9. The maximum absolute atomic E-state index is 13.0. The largest absolute Gasteiger partial charge is 0.355 e. The predicted molar refractivity (Wildman–Crippen MR) is 122 cm³/mol. The fourth-order valence-corrected chi connectivity index (χ4v) is 4.57. The zero-order valence-electron chi connectivity index (χ0n) is 18.8. The Kier molecular flexibility index (Phi) is 4.42. The molecule has 2 aliphatic heterocycles. The lowest BCUT2D eigenvalue weighted by molar-refractivity contribution is 0.173. The van der Waals surface area contributed by atoms with Crippen molar-refractivity contribution in [3.05, 3.63) is 42.0 Å². The molecule has 162 valence electrons. The molecule has 0 atom stereocenters. The maximum Gasteiger partial charge on any atom is 0.326 e. The van der Waals surface area contributed by atoms with E-state index in [1.807, 2.05) is 30.0 Å². The molecule has 0 spiro atoms. The van der Waals surface area contributed by atoms with Crippen LogP contribution in [0.25, 0.3) is 11.0 Å². The highest BCUT2D eigenvalue weighted by Crippen LogP contribution is 2.33. The van der Waals surface area contributed by atoms with Gasteiger partial charge in [-0.05, 0) is 39.8 Å². The molecule has 2 saturated heterocycles.